The first-order valence-corrected chi connectivity index (χ1v) is 8.25. The topological polar surface area (TPSA) is 84.9 Å². The molecule has 1 N–H and O–H groups in total. The van der Waals surface area contributed by atoms with E-state index in [1.807, 2.05) is 6.07 Å². The van der Waals surface area contributed by atoms with Gasteiger partial charge >= 0.3 is 5.82 Å². The van der Waals surface area contributed by atoms with Crippen molar-refractivity contribution in [2.24, 2.45) is 5.92 Å². The van der Waals surface area contributed by atoms with Gasteiger partial charge in [-0.2, -0.15) is 9.38 Å². The molecule has 1 fully saturated rings. The highest BCUT2D eigenvalue weighted by Gasteiger charge is 2.27. The third-order valence-electron chi connectivity index (χ3n) is 4.44. The second kappa shape index (κ2) is 7.14. The van der Waals surface area contributed by atoms with Gasteiger partial charge in [-0.25, -0.2) is 0 Å². The molecule has 1 unspecified atom stereocenters. The summed E-state index contributed by atoms with van der Waals surface area (Å²) < 4.78 is 6.92. The largest absolute Gasteiger partial charge is 0.379 e. The fourth-order valence-corrected chi connectivity index (χ4v) is 3.17. The summed E-state index contributed by atoms with van der Waals surface area (Å²) in [5.41, 5.74) is 0.569. The van der Waals surface area contributed by atoms with Crippen LogP contribution in [0.3, 0.4) is 0 Å². The summed E-state index contributed by atoms with van der Waals surface area (Å²) in [4.78, 5) is 17.8. The van der Waals surface area contributed by atoms with Crippen LogP contribution in [-0.4, -0.2) is 58.1 Å². The minimum Gasteiger partial charge on any atom is -0.379 e. The van der Waals surface area contributed by atoms with E-state index >= 15 is 0 Å². The van der Waals surface area contributed by atoms with Crippen LogP contribution >= 0.6 is 0 Å². The van der Waals surface area contributed by atoms with Gasteiger partial charge in [0.25, 0.3) is 0 Å². The van der Waals surface area contributed by atoms with Crippen LogP contribution in [0, 0.1) is 16.0 Å². The molecule has 24 heavy (non-hydrogen) atoms. The number of ether oxygens (including phenoxy) is 1. The van der Waals surface area contributed by atoms with E-state index in [1.54, 1.807) is 18.3 Å². The number of pyridine rings is 1. The van der Waals surface area contributed by atoms with Crippen LogP contribution in [0.4, 0.5) is 11.6 Å². The molecule has 3 rings (SSSR count). The van der Waals surface area contributed by atoms with E-state index in [9.17, 15) is 10.1 Å². The normalized spacial score (nSPS) is 17.3. The van der Waals surface area contributed by atoms with Crippen LogP contribution in [0.2, 0.25) is 0 Å². The molecule has 0 aromatic carbocycles. The van der Waals surface area contributed by atoms with Gasteiger partial charge in [-0.05, 0) is 16.9 Å². The predicted molar refractivity (Wildman–Crippen MR) is 91.4 cm³/mol. The summed E-state index contributed by atoms with van der Waals surface area (Å²) in [6.45, 7) is 8.19. The molecular weight excluding hydrogens is 310 g/mol. The van der Waals surface area contributed by atoms with Crippen molar-refractivity contribution in [1.82, 2.24) is 14.3 Å². The number of aromatic nitrogens is 2. The molecule has 8 heteroatoms. The zero-order valence-electron chi connectivity index (χ0n) is 14.0. The average Bonchev–Trinajstić information content (AvgIpc) is 2.94. The van der Waals surface area contributed by atoms with E-state index in [0.717, 1.165) is 26.3 Å². The van der Waals surface area contributed by atoms with Gasteiger partial charge in [0.15, 0.2) is 0 Å². The van der Waals surface area contributed by atoms with E-state index < -0.39 is 0 Å². The van der Waals surface area contributed by atoms with Crippen LogP contribution in [0.1, 0.15) is 13.8 Å². The van der Waals surface area contributed by atoms with Crippen molar-refractivity contribution < 1.29 is 9.66 Å². The molecular formula is C16H23N5O3. The van der Waals surface area contributed by atoms with Gasteiger partial charge in [-0.1, -0.05) is 19.9 Å². The Morgan fingerprint density at radius 1 is 1.38 bits per heavy atom. The number of morpholine rings is 1. The Kier molecular flexibility index (Phi) is 4.96. The fourth-order valence-electron chi connectivity index (χ4n) is 3.17. The standard InChI is InChI=1S/C16H23N5O3/c1-12(2)13(19-7-9-24-10-8-19)11-17-15-16(21(22)23)20-6-4-3-5-14(20)18-15/h3-6,12-13,17H,7-11H2,1-2H3. The van der Waals surface area contributed by atoms with Gasteiger partial charge in [0.1, 0.15) is 0 Å². The number of imidazole rings is 1. The van der Waals surface area contributed by atoms with Gasteiger partial charge in [-0.15, -0.1) is 0 Å². The van der Waals surface area contributed by atoms with Crippen molar-refractivity contribution in [3.8, 4) is 0 Å². The number of hydrogen-bond donors (Lipinski definition) is 1. The van der Waals surface area contributed by atoms with E-state index in [4.69, 9.17) is 4.74 Å². The molecule has 0 saturated carbocycles. The molecule has 8 nitrogen and oxygen atoms in total. The molecule has 1 atom stereocenters. The lowest BCUT2D eigenvalue weighted by Crippen LogP contribution is -2.49. The monoisotopic (exact) mass is 333 g/mol. The molecule has 0 bridgehead atoms. The molecule has 2 aromatic rings. The molecule has 3 heterocycles. The van der Waals surface area contributed by atoms with Gasteiger partial charge in [0, 0.05) is 31.7 Å². The molecule has 0 amide bonds. The van der Waals surface area contributed by atoms with E-state index in [1.165, 1.54) is 4.40 Å². The Balaban J connectivity index is 1.80. The molecule has 1 aliphatic heterocycles. The van der Waals surface area contributed by atoms with Gasteiger partial charge in [0.2, 0.25) is 11.5 Å². The van der Waals surface area contributed by atoms with Gasteiger partial charge in [-0.3, -0.25) is 4.90 Å². The molecule has 2 aromatic heterocycles. The van der Waals surface area contributed by atoms with Gasteiger partial charge in [0.05, 0.1) is 19.4 Å². The molecule has 130 valence electrons. The second-order valence-electron chi connectivity index (χ2n) is 6.31. The summed E-state index contributed by atoms with van der Waals surface area (Å²) in [6.07, 6.45) is 1.66. The quantitative estimate of drug-likeness (QED) is 0.643. The van der Waals surface area contributed by atoms with Crippen molar-refractivity contribution in [1.29, 1.82) is 0 Å². The summed E-state index contributed by atoms with van der Waals surface area (Å²) in [5, 5.41) is 14.7. The van der Waals surface area contributed by atoms with Crippen molar-refractivity contribution in [2.45, 2.75) is 19.9 Å². The number of fused-ring (bicyclic) bond motifs is 1. The van der Waals surface area contributed by atoms with Crippen LogP contribution < -0.4 is 5.32 Å². The number of nitrogens with one attached hydrogen (secondary N) is 1. The molecule has 0 radical (unpaired) electrons. The minimum atomic E-state index is -0.387. The SMILES string of the molecule is CC(C)C(CNc1nc2ccccn2c1[N+](=O)[O-])N1CCOCC1. The average molecular weight is 333 g/mol. The van der Waals surface area contributed by atoms with Crippen molar-refractivity contribution >= 4 is 17.3 Å². The molecule has 1 saturated heterocycles. The number of anilines is 1. The smallest absolute Gasteiger partial charge is 0.372 e. The van der Waals surface area contributed by atoms with E-state index in [-0.39, 0.29) is 16.8 Å². The summed E-state index contributed by atoms with van der Waals surface area (Å²) in [7, 11) is 0. The second-order valence-corrected chi connectivity index (χ2v) is 6.31. The first-order valence-electron chi connectivity index (χ1n) is 8.25. The maximum Gasteiger partial charge on any atom is 0.372 e. The molecule has 0 aliphatic carbocycles. The number of nitrogens with zero attached hydrogens (tertiary/aromatic N) is 4. The summed E-state index contributed by atoms with van der Waals surface area (Å²) >= 11 is 0. The van der Waals surface area contributed by atoms with Crippen LogP contribution in [0.5, 0.6) is 0 Å². The minimum absolute atomic E-state index is 0.0184. The Hall–Kier alpha value is -2.19. The Bertz CT molecular complexity index is 709. The lowest BCUT2D eigenvalue weighted by atomic mass is 10.0. The maximum absolute atomic E-state index is 11.5. The number of rotatable bonds is 6. The van der Waals surface area contributed by atoms with E-state index in [0.29, 0.717) is 23.9 Å². The predicted octanol–water partition coefficient (Wildman–Crippen LogP) is 2.01. The van der Waals surface area contributed by atoms with Crippen LogP contribution in [-0.2, 0) is 4.74 Å². The highest BCUT2D eigenvalue weighted by Crippen LogP contribution is 2.26. The zero-order chi connectivity index (χ0) is 17.1. The van der Waals surface area contributed by atoms with Crippen LogP contribution in [0.15, 0.2) is 24.4 Å². The molecule has 1 aliphatic rings. The van der Waals surface area contributed by atoms with E-state index in [2.05, 4.69) is 29.0 Å². The summed E-state index contributed by atoms with van der Waals surface area (Å²) in [6, 6.07) is 5.62. The lowest BCUT2D eigenvalue weighted by Gasteiger charge is -2.36. The van der Waals surface area contributed by atoms with Crippen molar-refractivity contribution in [3.63, 3.8) is 0 Å². The maximum atomic E-state index is 11.5. The third kappa shape index (κ3) is 3.34. The Morgan fingerprint density at radius 3 is 2.79 bits per heavy atom. The Labute approximate surface area is 140 Å². The highest BCUT2D eigenvalue weighted by atomic mass is 16.6. The van der Waals surface area contributed by atoms with Crippen molar-refractivity contribution in [3.05, 3.63) is 34.5 Å². The highest BCUT2D eigenvalue weighted by molar-refractivity contribution is 5.62. The van der Waals surface area contributed by atoms with Crippen LogP contribution in [0.25, 0.3) is 5.65 Å². The summed E-state index contributed by atoms with van der Waals surface area (Å²) in [5.74, 6) is 0.729. The Morgan fingerprint density at radius 2 is 2.12 bits per heavy atom. The lowest BCUT2D eigenvalue weighted by molar-refractivity contribution is -0.389. The third-order valence-corrected chi connectivity index (χ3v) is 4.44. The number of nitro groups is 1. The van der Waals surface area contributed by atoms with Gasteiger partial charge < -0.3 is 20.2 Å². The first kappa shape index (κ1) is 16.7. The zero-order valence-corrected chi connectivity index (χ0v) is 14.0. The molecule has 0 spiro atoms. The van der Waals surface area contributed by atoms with Crippen molar-refractivity contribution in [2.75, 3.05) is 38.2 Å². The number of hydrogen-bond acceptors (Lipinski definition) is 6. The fraction of sp³-hybridized carbons (Fsp3) is 0.562. The first-order chi connectivity index (χ1) is 11.6.